The second kappa shape index (κ2) is 4.01. The van der Waals surface area contributed by atoms with Gasteiger partial charge in [0.2, 0.25) is 0 Å². The Labute approximate surface area is 106 Å². The van der Waals surface area contributed by atoms with Crippen molar-refractivity contribution in [3.63, 3.8) is 0 Å². The molecule has 96 valence electrons. The van der Waals surface area contributed by atoms with Crippen LogP contribution < -0.4 is 5.73 Å². The number of carbonyl (C=O) groups excluding carboxylic acids is 2. The normalized spacial score (nSPS) is 18.6. The highest BCUT2D eigenvalue weighted by molar-refractivity contribution is 6.06. The number of rotatable bonds is 2. The minimum Gasteiger partial charge on any atom is -0.399 e. The number of benzene rings is 1. The zero-order chi connectivity index (χ0) is 13.5. The molecule has 1 fully saturated rings. The Morgan fingerprint density at radius 2 is 1.72 bits per heavy atom. The summed E-state index contributed by atoms with van der Waals surface area (Å²) >= 11 is 0. The highest BCUT2D eigenvalue weighted by atomic mass is 16.2. The Hall–Kier alpha value is -2.04. The smallest absolute Gasteiger partial charge is 0.327 e. The predicted molar refractivity (Wildman–Crippen MR) is 68.6 cm³/mol. The quantitative estimate of drug-likeness (QED) is 0.635. The van der Waals surface area contributed by atoms with E-state index in [1.54, 1.807) is 30.9 Å². The molecule has 5 nitrogen and oxygen atoms in total. The van der Waals surface area contributed by atoms with E-state index in [0.29, 0.717) is 12.2 Å². The van der Waals surface area contributed by atoms with E-state index in [2.05, 4.69) is 0 Å². The molecule has 2 rings (SSSR count). The van der Waals surface area contributed by atoms with Gasteiger partial charge in [0.15, 0.2) is 0 Å². The molecule has 1 aliphatic heterocycles. The maximum atomic E-state index is 12.0. The lowest BCUT2D eigenvalue weighted by Gasteiger charge is -2.27. The lowest BCUT2D eigenvalue weighted by atomic mass is 10.0. The van der Waals surface area contributed by atoms with E-state index < -0.39 is 5.54 Å². The van der Waals surface area contributed by atoms with Crippen molar-refractivity contribution < 1.29 is 9.59 Å². The van der Waals surface area contributed by atoms with Gasteiger partial charge in [0.1, 0.15) is 5.54 Å². The fourth-order valence-electron chi connectivity index (χ4n) is 2.10. The van der Waals surface area contributed by atoms with Crippen LogP contribution in [-0.4, -0.2) is 34.3 Å². The first-order chi connectivity index (χ1) is 8.34. The van der Waals surface area contributed by atoms with Crippen LogP contribution in [0.5, 0.6) is 0 Å². The number of imide groups is 1. The maximum absolute atomic E-state index is 12.0. The van der Waals surface area contributed by atoms with Gasteiger partial charge in [-0.05, 0) is 31.5 Å². The van der Waals surface area contributed by atoms with E-state index in [1.165, 1.54) is 7.05 Å². The summed E-state index contributed by atoms with van der Waals surface area (Å²) in [7, 11) is 1.51. The van der Waals surface area contributed by atoms with E-state index in [0.717, 1.165) is 10.5 Å². The Morgan fingerprint density at radius 3 is 2.17 bits per heavy atom. The molecule has 18 heavy (non-hydrogen) atoms. The lowest BCUT2D eigenvalue weighted by Crippen LogP contribution is -2.43. The molecule has 1 aromatic carbocycles. The Balaban J connectivity index is 2.26. The summed E-state index contributed by atoms with van der Waals surface area (Å²) in [6.45, 7) is 3.92. The van der Waals surface area contributed by atoms with Crippen LogP contribution in [0.2, 0.25) is 0 Å². The van der Waals surface area contributed by atoms with Gasteiger partial charge in [-0.3, -0.25) is 9.69 Å². The van der Waals surface area contributed by atoms with Gasteiger partial charge in [-0.25, -0.2) is 4.79 Å². The number of nitrogen functional groups attached to an aromatic ring is 1. The molecule has 0 radical (unpaired) electrons. The highest BCUT2D eigenvalue weighted by Gasteiger charge is 2.49. The van der Waals surface area contributed by atoms with Gasteiger partial charge in [0.25, 0.3) is 5.91 Å². The van der Waals surface area contributed by atoms with E-state index >= 15 is 0 Å². The molecule has 1 heterocycles. The molecule has 1 aromatic rings. The SMILES string of the molecule is CN1C(=O)N(Cc2ccc(N)cc2)C(C)(C)C1=O. The third-order valence-corrected chi connectivity index (χ3v) is 3.34. The van der Waals surface area contributed by atoms with Gasteiger partial charge in [-0.1, -0.05) is 12.1 Å². The molecular weight excluding hydrogens is 230 g/mol. The maximum Gasteiger partial charge on any atom is 0.327 e. The van der Waals surface area contributed by atoms with Crippen LogP contribution in [-0.2, 0) is 11.3 Å². The second-order valence-electron chi connectivity index (χ2n) is 5.03. The van der Waals surface area contributed by atoms with Crippen LogP contribution in [0, 0.1) is 0 Å². The van der Waals surface area contributed by atoms with E-state index in [-0.39, 0.29) is 11.9 Å². The summed E-state index contributed by atoms with van der Waals surface area (Å²) in [5, 5.41) is 0. The number of nitrogens with two attached hydrogens (primary N) is 1. The fraction of sp³-hybridized carbons (Fsp3) is 0.385. The van der Waals surface area contributed by atoms with Crippen molar-refractivity contribution in [1.82, 2.24) is 9.80 Å². The van der Waals surface area contributed by atoms with E-state index in [1.807, 2.05) is 12.1 Å². The van der Waals surface area contributed by atoms with Crippen LogP contribution in [0.15, 0.2) is 24.3 Å². The summed E-state index contributed by atoms with van der Waals surface area (Å²) < 4.78 is 0. The van der Waals surface area contributed by atoms with Crippen LogP contribution >= 0.6 is 0 Å². The molecule has 1 saturated heterocycles. The van der Waals surface area contributed by atoms with Gasteiger partial charge >= 0.3 is 6.03 Å². The van der Waals surface area contributed by atoms with Crippen molar-refractivity contribution in [3.8, 4) is 0 Å². The highest BCUT2D eigenvalue weighted by Crippen LogP contribution is 2.28. The molecule has 0 aromatic heterocycles. The molecule has 5 heteroatoms. The molecule has 0 spiro atoms. The van der Waals surface area contributed by atoms with Crippen molar-refractivity contribution in [1.29, 1.82) is 0 Å². The number of hydrogen-bond donors (Lipinski definition) is 1. The monoisotopic (exact) mass is 247 g/mol. The number of carbonyl (C=O) groups is 2. The van der Waals surface area contributed by atoms with Gasteiger partial charge in [-0.15, -0.1) is 0 Å². The molecule has 3 amide bonds. The molecule has 0 bridgehead atoms. The minimum absolute atomic E-state index is 0.178. The first-order valence-electron chi connectivity index (χ1n) is 5.78. The van der Waals surface area contributed by atoms with E-state index in [4.69, 9.17) is 5.73 Å². The van der Waals surface area contributed by atoms with Crippen molar-refractivity contribution in [2.75, 3.05) is 12.8 Å². The molecular formula is C13H17N3O2. The van der Waals surface area contributed by atoms with Crippen molar-refractivity contribution in [2.45, 2.75) is 25.9 Å². The molecule has 1 aliphatic rings. The summed E-state index contributed by atoms with van der Waals surface area (Å²) in [4.78, 5) is 26.7. The Bertz CT molecular complexity index is 493. The van der Waals surface area contributed by atoms with Gasteiger partial charge < -0.3 is 10.6 Å². The third-order valence-electron chi connectivity index (χ3n) is 3.34. The first kappa shape index (κ1) is 12.4. The van der Waals surface area contributed by atoms with Crippen LogP contribution in [0.4, 0.5) is 10.5 Å². The van der Waals surface area contributed by atoms with E-state index in [9.17, 15) is 9.59 Å². The first-order valence-corrected chi connectivity index (χ1v) is 5.78. The molecule has 0 unspecified atom stereocenters. The summed E-state index contributed by atoms with van der Waals surface area (Å²) in [5.74, 6) is -0.178. The number of nitrogens with zero attached hydrogens (tertiary/aromatic N) is 2. The topological polar surface area (TPSA) is 66.6 Å². The number of amides is 3. The van der Waals surface area contributed by atoms with Gasteiger partial charge in [0, 0.05) is 19.3 Å². The van der Waals surface area contributed by atoms with Crippen molar-refractivity contribution in [2.24, 2.45) is 0 Å². The average Bonchev–Trinajstić information content (AvgIpc) is 2.47. The summed E-state index contributed by atoms with van der Waals surface area (Å²) in [5.41, 5.74) is 6.45. The average molecular weight is 247 g/mol. The molecule has 0 aliphatic carbocycles. The van der Waals surface area contributed by atoms with Crippen LogP contribution in [0.25, 0.3) is 0 Å². The fourth-order valence-corrected chi connectivity index (χ4v) is 2.10. The number of anilines is 1. The Kier molecular flexibility index (Phi) is 2.77. The summed E-state index contributed by atoms with van der Waals surface area (Å²) in [6, 6.07) is 7.04. The van der Waals surface area contributed by atoms with Crippen LogP contribution in [0.3, 0.4) is 0 Å². The second-order valence-corrected chi connectivity index (χ2v) is 5.03. The zero-order valence-electron chi connectivity index (χ0n) is 10.8. The third kappa shape index (κ3) is 1.81. The lowest BCUT2D eigenvalue weighted by molar-refractivity contribution is -0.131. The van der Waals surface area contributed by atoms with Crippen LogP contribution in [0.1, 0.15) is 19.4 Å². The molecule has 2 N–H and O–H groups in total. The number of hydrogen-bond acceptors (Lipinski definition) is 3. The summed E-state index contributed by atoms with van der Waals surface area (Å²) in [6.07, 6.45) is 0. The standard InChI is InChI=1S/C13H17N3O2/c1-13(2)11(17)15(3)12(18)16(13)8-9-4-6-10(14)7-5-9/h4-7H,8,14H2,1-3H3. The zero-order valence-corrected chi connectivity index (χ0v) is 10.8. The predicted octanol–water partition coefficient (Wildman–Crippen LogP) is 1.44. The van der Waals surface area contributed by atoms with Gasteiger partial charge in [-0.2, -0.15) is 0 Å². The van der Waals surface area contributed by atoms with Crippen molar-refractivity contribution >= 4 is 17.6 Å². The number of likely N-dealkylation sites (N-methyl/N-ethyl adjacent to an activating group) is 1. The minimum atomic E-state index is -0.798. The van der Waals surface area contributed by atoms with Crippen molar-refractivity contribution in [3.05, 3.63) is 29.8 Å². The molecule has 0 saturated carbocycles. The van der Waals surface area contributed by atoms with Gasteiger partial charge in [0.05, 0.1) is 0 Å². The number of urea groups is 1. The Morgan fingerprint density at radius 1 is 1.17 bits per heavy atom. The molecule has 0 atom stereocenters. The largest absolute Gasteiger partial charge is 0.399 e.